The van der Waals surface area contributed by atoms with Crippen molar-refractivity contribution in [1.29, 1.82) is 0 Å². The fourth-order valence-electron chi connectivity index (χ4n) is 3.41. The molecular weight excluding hydrogens is 274 g/mol. The van der Waals surface area contributed by atoms with Crippen molar-refractivity contribution in [1.82, 2.24) is 10.6 Å². The zero-order chi connectivity index (χ0) is 15.6. The van der Waals surface area contributed by atoms with Gasteiger partial charge in [0.1, 0.15) is 0 Å². The lowest BCUT2D eigenvalue weighted by Crippen LogP contribution is -2.45. The number of ether oxygens (including phenoxy) is 1. The first-order valence-corrected chi connectivity index (χ1v) is 9.12. The molecule has 1 saturated carbocycles. The highest BCUT2D eigenvalue weighted by molar-refractivity contribution is 5.80. The quantitative estimate of drug-likeness (QED) is 0.450. The maximum Gasteiger partial charge on any atom is 0.191 e. The molecule has 0 aromatic carbocycles. The zero-order valence-corrected chi connectivity index (χ0v) is 14.4. The smallest absolute Gasteiger partial charge is 0.191 e. The summed E-state index contributed by atoms with van der Waals surface area (Å²) >= 11 is 0. The van der Waals surface area contributed by atoms with Crippen LogP contribution < -0.4 is 10.6 Å². The Morgan fingerprint density at radius 3 is 3.00 bits per heavy atom. The van der Waals surface area contributed by atoms with Crippen molar-refractivity contribution in [2.45, 2.75) is 64.8 Å². The number of aliphatic imine (C=N–C) groups is 1. The van der Waals surface area contributed by atoms with Crippen LogP contribution in [0, 0.1) is 5.92 Å². The largest absolute Gasteiger partial charge is 0.377 e. The summed E-state index contributed by atoms with van der Waals surface area (Å²) in [6.07, 6.45) is 11.0. The average Bonchev–Trinajstić information content (AvgIpc) is 2.56. The van der Waals surface area contributed by atoms with Crippen molar-refractivity contribution < 1.29 is 4.74 Å². The van der Waals surface area contributed by atoms with Crippen LogP contribution in [0.25, 0.3) is 0 Å². The second kappa shape index (κ2) is 9.88. The van der Waals surface area contributed by atoms with Crippen LogP contribution in [0.5, 0.6) is 0 Å². The number of hydrogen-bond acceptors (Lipinski definition) is 2. The minimum Gasteiger partial charge on any atom is -0.377 e. The first-order chi connectivity index (χ1) is 10.8. The number of nitrogens with one attached hydrogen (secondary N) is 2. The maximum absolute atomic E-state index is 5.35. The lowest BCUT2D eigenvalue weighted by molar-refractivity contribution is 0.153. The van der Waals surface area contributed by atoms with Crippen molar-refractivity contribution in [2.75, 3.05) is 26.3 Å². The van der Waals surface area contributed by atoms with Crippen LogP contribution in [0.3, 0.4) is 0 Å². The van der Waals surface area contributed by atoms with Crippen LogP contribution in [0.15, 0.2) is 16.6 Å². The summed E-state index contributed by atoms with van der Waals surface area (Å²) < 4.78 is 5.35. The molecule has 0 spiro atoms. The summed E-state index contributed by atoms with van der Waals surface area (Å²) in [5, 5.41) is 7.05. The first kappa shape index (κ1) is 17.3. The first-order valence-electron chi connectivity index (χ1n) is 9.12. The fourth-order valence-corrected chi connectivity index (χ4v) is 3.41. The molecule has 1 aliphatic heterocycles. The molecule has 1 fully saturated rings. The van der Waals surface area contributed by atoms with E-state index in [0.717, 1.165) is 51.0 Å². The van der Waals surface area contributed by atoms with Crippen molar-refractivity contribution in [2.24, 2.45) is 10.9 Å². The van der Waals surface area contributed by atoms with Crippen LogP contribution in [0.2, 0.25) is 0 Å². The van der Waals surface area contributed by atoms with Crippen molar-refractivity contribution >= 4 is 5.96 Å². The van der Waals surface area contributed by atoms with Gasteiger partial charge in [0.25, 0.3) is 0 Å². The van der Waals surface area contributed by atoms with Crippen molar-refractivity contribution in [3.8, 4) is 0 Å². The molecule has 1 heterocycles. The Hall–Kier alpha value is -1.03. The molecule has 0 aromatic heterocycles. The van der Waals surface area contributed by atoms with E-state index >= 15 is 0 Å². The summed E-state index contributed by atoms with van der Waals surface area (Å²) in [6, 6.07) is 0.596. The lowest BCUT2D eigenvalue weighted by Gasteiger charge is -2.30. The predicted molar refractivity (Wildman–Crippen MR) is 93.3 cm³/mol. The topological polar surface area (TPSA) is 45.7 Å². The molecule has 4 heteroatoms. The normalized spacial score (nSPS) is 26.5. The van der Waals surface area contributed by atoms with E-state index in [2.05, 4.69) is 30.6 Å². The second-order valence-electron chi connectivity index (χ2n) is 6.48. The van der Waals surface area contributed by atoms with Crippen LogP contribution in [0.1, 0.15) is 58.8 Å². The van der Waals surface area contributed by atoms with Crippen LogP contribution in [0.4, 0.5) is 0 Å². The van der Waals surface area contributed by atoms with Gasteiger partial charge in [-0.2, -0.15) is 0 Å². The average molecular weight is 307 g/mol. The van der Waals surface area contributed by atoms with Crippen molar-refractivity contribution in [3.63, 3.8) is 0 Å². The minimum absolute atomic E-state index is 0.596. The van der Waals surface area contributed by atoms with Crippen LogP contribution >= 0.6 is 0 Å². The summed E-state index contributed by atoms with van der Waals surface area (Å²) in [5.74, 6) is 1.89. The molecule has 2 N–H and O–H groups in total. The predicted octanol–water partition coefficient (Wildman–Crippen LogP) is 3.25. The molecule has 2 rings (SSSR count). The molecule has 0 radical (unpaired) electrons. The molecule has 0 amide bonds. The third kappa shape index (κ3) is 5.99. The van der Waals surface area contributed by atoms with Gasteiger partial charge in [0.05, 0.1) is 13.2 Å². The highest BCUT2D eigenvalue weighted by atomic mass is 16.5. The summed E-state index contributed by atoms with van der Waals surface area (Å²) in [7, 11) is 0. The minimum atomic E-state index is 0.596. The molecule has 4 nitrogen and oxygen atoms in total. The molecule has 126 valence electrons. The van der Waals surface area contributed by atoms with E-state index in [1.54, 1.807) is 0 Å². The molecule has 2 unspecified atom stereocenters. The van der Waals surface area contributed by atoms with Gasteiger partial charge in [0.2, 0.25) is 0 Å². The van der Waals surface area contributed by atoms with E-state index in [1.165, 1.54) is 37.7 Å². The van der Waals surface area contributed by atoms with Gasteiger partial charge in [0.15, 0.2) is 5.96 Å². The van der Waals surface area contributed by atoms with Gasteiger partial charge in [0, 0.05) is 19.1 Å². The Balaban J connectivity index is 1.80. The molecule has 1 aliphatic carbocycles. The van der Waals surface area contributed by atoms with Gasteiger partial charge in [-0.05, 0) is 38.5 Å². The molecule has 0 aromatic rings. The summed E-state index contributed by atoms with van der Waals surface area (Å²) in [6.45, 7) is 7.88. The van der Waals surface area contributed by atoms with Gasteiger partial charge in [-0.1, -0.05) is 37.8 Å². The molecule has 22 heavy (non-hydrogen) atoms. The molecule has 0 bridgehead atoms. The number of hydrogen-bond donors (Lipinski definition) is 2. The Morgan fingerprint density at radius 2 is 2.27 bits per heavy atom. The zero-order valence-electron chi connectivity index (χ0n) is 14.4. The fraction of sp³-hybridized carbons (Fsp3) is 0.833. The third-order valence-corrected chi connectivity index (χ3v) is 4.81. The Morgan fingerprint density at radius 1 is 1.36 bits per heavy atom. The monoisotopic (exact) mass is 307 g/mol. The van der Waals surface area contributed by atoms with Gasteiger partial charge in [-0.15, -0.1) is 0 Å². The molecule has 2 aliphatic rings. The Bertz CT molecular complexity index is 379. The van der Waals surface area contributed by atoms with E-state index in [1.807, 2.05) is 0 Å². The van der Waals surface area contributed by atoms with Gasteiger partial charge < -0.3 is 15.4 Å². The maximum atomic E-state index is 5.35. The summed E-state index contributed by atoms with van der Waals surface area (Å²) in [4.78, 5) is 4.77. The lowest BCUT2D eigenvalue weighted by atomic mass is 9.84. The highest BCUT2D eigenvalue weighted by Gasteiger charge is 2.21. The number of rotatable bonds is 6. The van der Waals surface area contributed by atoms with Crippen LogP contribution in [-0.2, 0) is 4.74 Å². The Kier molecular flexibility index (Phi) is 7.78. The van der Waals surface area contributed by atoms with Gasteiger partial charge in [-0.25, -0.2) is 0 Å². The Labute approximate surface area is 135 Å². The standard InChI is InChI=1S/C18H33N3O/c1-3-15-6-5-7-17(14-15)21-18(19-4-2)20-11-8-16-9-12-22-13-10-16/h9,15,17H,3-8,10-14H2,1-2H3,(H2,19,20,21). The molecule has 2 atom stereocenters. The number of nitrogens with zero attached hydrogens (tertiary/aromatic N) is 1. The second-order valence-corrected chi connectivity index (χ2v) is 6.48. The van der Waals surface area contributed by atoms with Gasteiger partial charge >= 0.3 is 0 Å². The molecular formula is C18H33N3O. The SMILES string of the molecule is CCNC(=NCCC1=CCOCC1)NC1CCCC(CC)C1. The third-order valence-electron chi connectivity index (χ3n) is 4.81. The van der Waals surface area contributed by atoms with Crippen molar-refractivity contribution in [3.05, 3.63) is 11.6 Å². The highest BCUT2D eigenvalue weighted by Crippen LogP contribution is 2.26. The number of guanidine groups is 1. The van der Waals surface area contributed by atoms with E-state index in [0.29, 0.717) is 6.04 Å². The van der Waals surface area contributed by atoms with E-state index in [9.17, 15) is 0 Å². The summed E-state index contributed by atoms with van der Waals surface area (Å²) in [5.41, 5.74) is 1.49. The molecule has 0 saturated heterocycles. The van der Waals surface area contributed by atoms with Crippen LogP contribution in [-0.4, -0.2) is 38.3 Å². The van der Waals surface area contributed by atoms with E-state index < -0.39 is 0 Å². The van der Waals surface area contributed by atoms with E-state index in [4.69, 9.17) is 9.73 Å². The van der Waals surface area contributed by atoms with Gasteiger partial charge in [-0.3, -0.25) is 4.99 Å². The van der Waals surface area contributed by atoms with E-state index in [-0.39, 0.29) is 0 Å².